The van der Waals surface area contributed by atoms with E-state index >= 15 is 0 Å². The van der Waals surface area contributed by atoms with Crippen LogP contribution in [0.2, 0.25) is 0 Å². The van der Waals surface area contributed by atoms with Crippen LogP contribution < -0.4 is 9.80 Å². The van der Waals surface area contributed by atoms with Crippen molar-refractivity contribution in [3.05, 3.63) is 60.7 Å². The van der Waals surface area contributed by atoms with Crippen molar-refractivity contribution in [2.45, 2.75) is 20.8 Å². The first-order valence-corrected chi connectivity index (χ1v) is 18.0. The topological polar surface area (TPSA) is 6.48 Å². The van der Waals surface area contributed by atoms with Crippen molar-refractivity contribution in [3.8, 4) is 0 Å². The molecular formula is C21H29Cl2N2PPt. The summed E-state index contributed by atoms with van der Waals surface area (Å²) >= 11 is -2.15. The van der Waals surface area contributed by atoms with E-state index in [4.69, 9.17) is 18.8 Å². The number of hydrogen-bond donors (Lipinski definition) is 0. The first-order chi connectivity index (χ1) is 13.1. The second-order valence-electron chi connectivity index (χ2n) is 6.00. The van der Waals surface area contributed by atoms with Crippen molar-refractivity contribution in [1.82, 2.24) is 0 Å². The fraction of sp³-hybridized carbons (Fsp3) is 0.381. The van der Waals surface area contributed by atoms with E-state index in [1.54, 1.807) is 0 Å². The van der Waals surface area contributed by atoms with Gasteiger partial charge in [0.05, 0.1) is 0 Å². The van der Waals surface area contributed by atoms with Crippen molar-refractivity contribution in [2.75, 3.05) is 41.4 Å². The normalized spacial score (nSPS) is 14.3. The zero-order valence-corrected chi connectivity index (χ0v) is 20.9. The summed E-state index contributed by atoms with van der Waals surface area (Å²) in [5, 5.41) is 0. The molecule has 2 aromatic carbocycles. The third kappa shape index (κ3) is 6.57. The Morgan fingerprint density at radius 1 is 0.741 bits per heavy atom. The average molecular weight is 606 g/mol. The maximum atomic E-state index is 6.38. The van der Waals surface area contributed by atoms with E-state index in [0.29, 0.717) is 7.92 Å². The summed E-state index contributed by atoms with van der Waals surface area (Å²) in [4.78, 5) is 4.50. The van der Waals surface area contributed by atoms with E-state index in [-0.39, 0.29) is 0 Å². The summed E-state index contributed by atoms with van der Waals surface area (Å²) in [5.41, 5.74) is 2.31. The molecule has 0 aromatic heterocycles. The Morgan fingerprint density at radius 3 is 1.37 bits per heavy atom. The molecule has 0 bridgehead atoms. The Morgan fingerprint density at radius 2 is 1.11 bits per heavy atom. The molecule has 1 fully saturated rings. The molecule has 152 valence electrons. The number of benzene rings is 2. The molecule has 2 nitrogen and oxygen atoms in total. The van der Waals surface area contributed by atoms with Gasteiger partial charge in [0.2, 0.25) is 0 Å². The van der Waals surface area contributed by atoms with Crippen LogP contribution in [0.3, 0.4) is 0 Å². The summed E-state index contributed by atoms with van der Waals surface area (Å²) in [6.07, 6.45) is 4.26. The van der Waals surface area contributed by atoms with Crippen molar-refractivity contribution in [3.63, 3.8) is 0 Å². The van der Waals surface area contributed by atoms with E-state index in [9.17, 15) is 0 Å². The standard InChI is InChI=1S/C15H14N2.C6H15P.2ClH.Pt/c1-3-7-14(8-4-1)16-11-12-17(13-16)15-9-5-2-6-10-15;1-4-7(5-2)6-3;;;/h1-10H,11-12H2;4-6H2,1-3H3;2*1H;/q;;;;+2/p-2. The molecule has 0 spiro atoms. The molecule has 1 saturated heterocycles. The molecule has 0 N–H and O–H groups in total. The van der Waals surface area contributed by atoms with Crippen LogP contribution in [0.25, 0.3) is 0 Å². The van der Waals surface area contributed by atoms with Gasteiger partial charge in [-0.3, -0.25) is 0 Å². The number of anilines is 2. The van der Waals surface area contributed by atoms with Crippen molar-refractivity contribution >= 4 is 42.3 Å². The molecular weight excluding hydrogens is 577 g/mol. The van der Waals surface area contributed by atoms with Gasteiger partial charge in [0, 0.05) is 0 Å². The molecule has 6 heteroatoms. The van der Waals surface area contributed by atoms with Gasteiger partial charge in [-0.15, -0.1) is 7.92 Å². The Bertz CT molecular complexity index is 650. The molecule has 0 amide bonds. The third-order valence-electron chi connectivity index (χ3n) is 4.54. The van der Waals surface area contributed by atoms with Gasteiger partial charge in [-0.25, -0.2) is 0 Å². The van der Waals surface area contributed by atoms with E-state index in [0.717, 1.165) is 28.6 Å². The Balaban J connectivity index is 0.000000321. The van der Waals surface area contributed by atoms with E-state index in [1.165, 1.54) is 18.5 Å². The number of para-hydroxylation sites is 2. The predicted molar refractivity (Wildman–Crippen MR) is 123 cm³/mol. The molecule has 3 rings (SSSR count). The van der Waals surface area contributed by atoms with Crippen molar-refractivity contribution in [1.29, 1.82) is 0 Å². The maximum absolute atomic E-state index is 6.38. The summed E-state index contributed by atoms with van der Waals surface area (Å²) < 4.78 is 1.08. The quantitative estimate of drug-likeness (QED) is 0.356. The van der Waals surface area contributed by atoms with E-state index in [2.05, 4.69) is 54.8 Å². The zero-order chi connectivity index (χ0) is 19.6. The molecule has 0 unspecified atom stereocenters. The minimum atomic E-state index is -2.15. The molecule has 0 atom stereocenters. The fourth-order valence-corrected chi connectivity index (χ4v) is 8.46. The molecule has 0 aliphatic carbocycles. The second-order valence-corrected chi connectivity index (χ2v) is 16.4. The van der Waals surface area contributed by atoms with Crippen LogP contribution in [0.15, 0.2) is 60.7 Å². The van der Waals surface area contributed by atoms with Gasteiger partial charge >= 0.3 is 133 Å². The zero-order valence-electron chi connectivity index (χ0n) is 16.2. The van der Waals surface area contributed by atoms with Crippen LogP contribution in [0.5, 0.6) is 0 Å². The molecule has 2 aromatic rings. The van der Waals surface area contributed by atoms with Gasteiger partial charge in [0.15, 0.2) is 0 Å². The molecule has 1 aliphatic heterocycles. The second kappa shape index (κ2) is 12.2. The van der Waals surface area contributed by atoms with E-state index in [1.807, 2.05) is 36.4 Å². The van der Waals surface area contributed by atoms with Gasteiger partial charge in [-0.2, -0.15) is 0 Å². The average Bonchev–Trinajstić information content (AvgIpc) is 3.17. The third-order valence-corrected chi connectivity index (χ3v) is 11.0. The number of rotatable bonds is 5. The number of nitrogens with zero attached hydrogens (tertiary/aromatic N) is 2. The summed E-state index contributed by atoms with van der Waals surface area (Å²) in [7, 11) is 13.2. The van der Waals surface area contributed by atoms with E-state index < -0.39 is 14.8 Å². The van der Waals surface area contributed by atoms with Gasteiger partial charge < -0.3 is 0 Å². The molecule has 1 heterocycles. The van der Waals surface area contributed by atoms with Gasteiger partial charge in [-0.1, -0.05) is 20.8 Å². The van der Waals surface area contributed by atoms with Crippen LogP contribution in [0, 0.1) is 0 Å². The molecule has 27 heavy (non-hydrogen) atoms. The van der Waals surface area contributed by atoms with Gasteiger partial charge in [-0.05, 0) is 18.5 Å². The Labute approximate surface area is 179 Å². The van der Waals surface area contributed by atoms with Crippen molar-refractivity contribution < 1.29 is 14.8 Å². The minimum absolute atomic E-state index is 0.446. The first kappa shape index (κ1) is 22.9. The van der Waals surface area contributed by atoms with Crippen LogP contribution in [-0.4, -0.2) is 35.7 Å². The first-order valence-electron chi connectivity index (χ1n) is 9.32. The Hall–Kier alpha value is -0.392. The summed E-state index contributed by atoms with van der Waals surface area (Å²) in [6, 6.07) is 20.6. The number of hydrogen-bond acceptors (Lipinski definition) is 2. The summed E-state index contributed by atoms with van der Waals surface area (Å²) in [6.45, 7) is 8.71. The van der Waals surface area contributed by atoms with Crippen molar-refractivity contribution in [2.24, 2.45) is 0 Å². The van der Waals surface area contributed by atoms with Gasteiger partial charge in [0.25, 0.3) is 0 Å². The SMILES string of the molecule is CCP(CC)CC.[Cl][Pt]([Cl])=[C]1N(c2ccccc2)CCN1c1ccccc1. The Kier molecular flexibility index (Phi) is 10.4. The van der Waals surface area contributed by atoms with Crippen LogP contribution in [0.4, 0.5) is 11.4 Å². The van der Waals surface area contributed by atoms with Crippen LogP contribution in [-0.2, 0) is 14.8 Å². The predicted octanol–water partition coefficient (Wildman–Crippen LogP) is 6.55. The molecule has 0 radical (unpaired) electrons. The number of halogens is 2. The van der Waals surface area contributed by atoms with Crippen LogP contribution in [0.1, 0.15) is 20.8 Å². The molecule has 0 saturated carbocycles. The monoisotopic (exact) mass is 605 g/mol. The fourth-order valence-electron chi connectivity index (χ4n) is 2.99. The summed E-state index contributed by atoms with van der Waals surface area (Å²) in [5.74, 6) is 0. The van der Waals surface area contributed by atoms with Crippen LogP contribution >= 0.6 is 26.8 Å². The van der Waals surface area contributed by atoms with Gasteiger partial charge in [0.1, 0.15) is 0 Å². The molecule has 1 aliphatic rings.